The van der Waals surface area contributed by atoms with E-state index in [0.717, 1.165) is 57.8 Å². The van der Waals surface area contributed by atoms with Crippen LogP contribution in [0.15, 0.2) is 48.6 Å². The number of carbonyl (C=O) groups excluding carboxylic acids is 2. The highest BCUT2D eigenvalue weighted by molar-refractivity contribution is 5.76. The second kappa shape index (κ2) is 75.3. The van der Waals surface area contributed by atoms with Crippen LogP contribution >= 0.6 is 0 Å². The van der Waals surface area contributed by atoms with Crippen molar-refractivity contribution in [2.75, 3.05) is 13.2 Å². The van der Waals surface area contributed by atoms with Gasteiger partial charge in [-0.3, -0.25) is 9.59 Å². The molecule has 0 heterocycles. The van der Waals surface area contributed by atoms with E-state index in [-0.39, 0.29) is 18.5 Å². The molecule has 2 unspecified atom stereocenters. The number of esters is 1. The van der Waals surface area contributed by atoms with Crippen LogP contribution in [-0.4, -0.2) is 47.4 Å². The van der Waals surface area contributed by atoms with Gasteiger partial charge in [-0.05, 0) is 89.9 Å². The van der Waals surface area contributed by atoms with E-state index in [2.05, 4.69) is 67.8 Å². The van der Waals surface area contributed by atoms with Crippen molar-refractivity contribution in [2.24, 2.45) is 0 Å². The minimum atomic E-state index is -0.662. The molecule has 86 heavy (non-hydrogen) atoms. The fourth-order valence-corrected chi connectivity index (χ4v) is 12.2. The largest absolute Gasteiger partial charge is 0.466 e. The van der Waals surface area contributed by atoms with Crippen LogP contribution in [0, 0.1) is 0 Å². The summed E-state index contributed by atoms with van der Waals surface area (Å²) < 4.78 is 5.50. The van der Waals surface area contributed by atoms with Crippen LogP contribution < -0.4 is 5.32 Å². The fraction of sp³-hybridized carbons (Fsp3) is 0.875. The van der Waals surface area contributed by atoms with Crippen LogP contribution in [0.1, 0.15) is 425 Å². The average Bonchev–Trinajstić information content (AvgIpc) is 3.54. The summed E-state index contributed by atoms with van der Waals surface area (Å²) in [5.74, 6) is -0.0171. The van der Waals surface area contributed by atoms with Crippen LogP contribution in [0.2, 0.25) is 0 Å². The number of aliphatic hydroxyl groups is 2. The van der Waals surface area contributed by atoms with Crippen molar-refractivity contribution >= 4 is 11.9 Å². The average molecular weight is 1210 g/mol. The monoisotopic (exact) mass is 1210 g/mol. The first-order valence-corrected chi connectivity index (χ1v) is 38.9. The third kappa shape index (κ3) is 70.9. The van der Waals surface area contributed by atoms with E-state index in [1.165, 1.54) is 334 Å². The van der Waals surface area contributed by atoms with E-state index in [1.54, 1.807) is 0 Å². The maximum atomic E-state index is 12.5. The lowest BCUT2D eigenvalue weighted by atomic mass is 10.0. The first-order chi connectivity index (χ1) is 42.5. The minimum Gasteiger partial charge on any atom is -0.466 e. The van der Waals surface area contributed by atoms with Gasteiger partial charge in [0.25, 0.3) is 0 Å². The van der Waals surface area contributed by atoms with E-state index in [1.807, 2.05) is 0 Å². The van der Waals surface area contributed by atoms with Crippen LogP contribution in [0.4, 0.5) is 0 Å². The van der Waals surface area contributed by atoms with Gasteiger partial charge in [0.1, 0.15) is 0 Å². The van der Waals surface area contributed by atoms with Crippen molar-refractivity contribution in [3.8, 4) is 0 Å². The standard InChI is InChI=1S/C80H151NO5/c1-3-5-7-9-11-13-15-17-18-42-46-50-54-58-62-66-70-74-80(85)86-75-71-67-63-59-55-51-47-44-41-39-37-35-33-31-29-27-25-23-21-19-20-22-24-26-28-30-32-34-36-38-40-43-45-49-53-57-61-65-69-73-79(84)81-77(76-82)78(83)72-68-64-60-56-52-48-16-14-12-10-8-6-4-2/h11,13,17-20,23,25,77-78,82-83H,3-10,12,14-16,21-22,24,26-76H2,1-2H3,(H,81,84)/b13-11-,18-17-,20-19-,25-23-. The van der Waals surface area contributed by atoms with Gasteiger partial charge < -0.3 is 20.3 Å². The molecule has 0 saturated carbocycles. The number of rotatable bonds is 73. The van der Waals surface area contributed by atoms with Gasteiger partial charge in [-0.25, -0.2) is 0 Å². The summed E-state index contributed by atoms with van der Waals surface area (Å²) in [4.78, 5) is 24.6. The Balaban J connectivity index is 3.34. The number of carbonyl (C=O) groups is 2. The first kappa shape index (κ1) is 83.8. The molecule has 0 aromatic heterocycles. The Labute approximate surface area is 537 Å². The maximum absolute atomic E-state index is 12.5. The minimum absolute atomic E-state index is 0.0128. The van der Waals surface area contributed by atoms with E-state index < -0.39 is 12.1 Å². The summed E-state index contributed by atoms with van der Waals surface area (Å²) in [6.45, 7) is 4.95. The SMILES string of the molecule is CCCCC/C=C\C/C=C\CCCCCCCCCC(=O)OCCCCCCCCCCCCCCCCC/C=C\C/C=C\CCCCCCCCCCCCCCCCCCCC(=O)NC(CO)C(O)CCCCCCCCCCCCCCC. The summed E-state index contributed by atoms with van der Waals surface area (Å²) in [5.41, 5.74) is 0. The Morgan fingerprint density at radius 2 is 0.581 bits per heavy atom. The molecule has 0 saturated heterocycles. The Morgan fingerprint density at radius 3 is 0.907 bits per heavy atom. The van der Waals surface area contributed by atoms with E-state index in [0.29, 0.717) is 25.9 Å². The number of nitrogens with one attached hydrogen (secondary N) is 1. The van der Waals surface area contributed by atoms with Gasteiger partial charge in [0.05, 0.1) is 25.4 Å². The zero-order valence-electron chi connectivity index (χ0n) is 58.1. The lowest BCUT2D eigenvalue weighted by molar-refractivity contribution is -0.143. The van der Waals surface area contributed by atoms with Gasteiger partial charge in [-0.15, -0.1) is 0 Å². The van der Waals surface area contributed by atoms with E-state index in [9.17, 15) is 19.8 Å². The summed E-state index contributed by atoms with van der Waals surface area (Å²) in [6.07, 6.45) is 99.2. The smallest absolute Gasteiger partial charge is 0.305 e. The second-order valence-electron chi connectivity index (χ2n) is 26.7. The summed E-state index contributed by atoms with van der Waals surface area (Å²) in [6, 6.07) is -0.539. The third-order valence-corrected chi connectivity index (χ3v) is 18.1. The number of hydrogen-bond donors (Lipinski definition) is 3. The molecule has 1 amide bonds. The number of unbranched alkanes of at least 4 members (excludes halogenated alkanes) is 54. The molecule has 0 aliphatic heterocycles. The van der Waals surface area contributed by atoms with E-state index in [4.69, 9.17) is 4.74 Å². The molecule has 6 heteroatoms. The Kier molecular flexibility index (Phi) is 73.4. The number of aliphatic hydroxyl groups excluding tert-OH is 2. The van der Waals surface area contributed by atoms with Gasteiger partial charge >= 0.3 is 5.97 Å². The molecule has 0 rings (SSSR count). The lowest BCUT2D eigenvalue weighted by Gasteiger charge is -2.22. The highest BCUT2D eigenvalue weighted by Crippen LogP contribution is 2.19. The predicted molar refractivity (Wildman–Crippen MR) is 379 cm³/mol. The molecule has 0 bridgehead atoms. The lowest BCUT2D eigenvalue weighted by Crippen LogP contribution is -2.45. The van der Waals surface area contributed by atoms with Crippen molar-refractivity contribution in [1.29, 1.82) is 0 Å². The second-order valence-corrected chi connectivity index (χ2v) is 26.7. The maximum Gasteiger partial charge on any atom is 0.305 e. The molecular weight excluding hydrogens is 1050 g/mol. The zero-order chi connectivity index (χ0) is 62.0. The van der Waals surface area contributed by atoms with Gasteiger partial charge in [0, 0.05) is 12.8 Å². The Hall–Kier alpha value is -2.18. The van der Waals surface area contributed by atoms with Crippen LogP contribution in [0.3, 0.4) is 0 Å². The number of allylic oxidation sites excluding steroid dienone is 8. The van der Waals surface area contributed by atoms with Crippen molar-refractivity contribution in [2.45, 2.75) is 437 Å². The highest BCUT2D eigenvalue weighted by atomic mass is 16.5. The Morgan fingerprint density at radius 1 is 0.326 bits per heavy atom. The summed E-state index contributed by atoms with van der Waals surface area (Å²) in [5, 5.41) is 23.3. The molecule has 2 atom stereocenters. The molecule has 0 radical (unpaired) electrons. The topological polar surface area (TPSA) is 95.9 Å². The highest BCUT2D eigenvalue weighted by Gasteiger charge is 2.20. The molecule has 3 N–H and O–H groups in total. The summed E-state index contributed by atoms with van der Waals surface area (Å²) in [7, 11) is 0. The molecule has 0 aliphatic carbocycles. The van der Waals surface area contributed by atoms with Gasteiger partial charge in [-0.2, -0.15) is 0 Å². The Bertz CT molecular complexity index is 1440. The third-order valence-electron chi connectivity index (χ3n) is 18.1. The molecular formula is C80H151NO5. The van der Waals surface area contributed by atoms with Gasteiger partial charge in [0.2, 0.25) is 5.91 Å². The molecule has 0 aromatic rings. The predicted octanol–water partition coefficient (Wildman–Crippen LogP) is 25.6. The number of ether oxygens (including phenoxy) is 1. The van der Waals surface area contributed by atoms with Crippen molar-refractivity contribution in [3.63, 3.8) is 0 Å². The van der Waals surface area contributed by atoms with Gasteiger partial charge in [-0.1, -0.05) is 371 Å². The van der Waals surface area contributed by atoms with Crippen LogP contribution in [0.5, 0.6) is 0 Å². The van der Waals surface area contributed by atoms with Crippen molar-refractivity contribution < 1.29 is 24.5 Å². The molecule has 0 aliphatic rings. The summed E-state index contributed by atoms with van der Waals surface area (Å²) >= 11 is 0. The molecule has 6 nitrogen and oxygen atoms in total. The molecule has 0 fully saturated rings. The fourth-order valence-electron chi connectivity index (χ4n) is 12.2. The van der Waals surface area contributed by atoms with E-state index >= 15 is 0 Å². The molecule has 506 valence electrons. The quantitative estimate of drug-likeness (QED) is 0.0320. The van der Waals surface area contributed by atoms with Gasteiger partial charge in [0.15, 0.2) is 0 Å². The molecule has 0 aromatic carbocycles. The van der Waals surface area contributed by atoms with Crippen LogP contribution in [-0.2, 0) is 14.3 Å². The zero-order valence-corrected chi connectivity index (χ0v) is 58.1. The van der Waals surface area contributed by atoms with Crippen molar-refractivity contribution in [3.05, 3.63) is 48.6 Å². The molecule has 0 spiro atoms. The normalized spacial score (nSPS) is 12.7. The van der Waals surface area contributed by atoms with Crippen LogP contribution in [0.25, 0.3) is 0 Å². The number of amides is 1. The first-order valence-electron chi connectivity index (χ1n) is 38.9. The number of hydrogen-bond acceptors (Lipinski definition) is 5. The van der Waals surface area contributed by atoms with Crippen molar-refractivity contribution in [1.82, 2.24) is 5.32 Å².